The summed E-state index contributed by atoms with van der Waals surface area (Å²) >= 11 is 0. The van der Waals surface area contributed by atoms with Crippen molar-refractivity contribution in [3.05, 3.63) is 0 Å². The lowest BCUT2D eigenvalue weighted by Gasteiger charge is -2.13. The van der Waals surface area contributed by atoms with Crippen molar-refractivity contribution in [2.24, 2.45) is 5.73 Å². The maximum Gasteiger partial charge on any atom is 0.483 e. The summed E-state index contributed by atoms with van der Waals surface area (Å²) in [6, 6.07) is 0. The highest BCUT2D eigenvalue weighted by Gasteiger charge is 2.05. The number of hydrogen-bond acceptors (Lipinski definition) is 4. The Morgan fingerprint density at radius 2 is 1.31 bits per heavy atom. The summed E-state index contributed by atoms with van der Waals surface area (Å²) in [5.41, 5.74) is 5.58. The van der Waals surface area contributed by atoms with Gasteiger partial charge in [-0.05, 0) is 20.3 Å². The average Bonchev–Trinajstić information content (AvgIpc) is 2.07. The highest BCUT2D eigenvalue weighted by Crippen LogP contribution is 1.99. The van der Waals surface area contributed by atoms with E-state index in [2.05, 4.69) is 6.92 Å². The van der Waals surface area contributed by atoms with Crippen LogP contribution in [0.1, 0.15) is 27.2 Å². The molecule has 0 amide bonds. The van der Waals surface area contributed by atoms with Crippen LogP contribution in [0.15, 0.2) is 0 Å². The van der Waals surface area contributed by atoms with Gasteiger partial charge in [-0.15, -0.1) is 0 Å². The Morgan fingerprint density at radius 1 is 1.08 bits per heavy atom. The lowest BCUT2D eigenvalue weighted by Crippen LogP contribution is -2.30. The van der Waals surface area contributed by atoms with E-state index in [4.69, 9.17) is 19.0 Å². The molecule has 4 nitrogen and oxygen atoms in total. The zero-order valence-corrected chi connectivity index (χ0v) is 10.7. The lowest BCUT2D eigenvalue weighted by molar-refractivity contribution is 0.163. The Labute approximate surface area is 83.3 Å². The van der Waals surface area contributed by atoms with Gasteiger partial charge in [0.2, 0.25) is 0 Å². The van der Waals surface area contributed by atoms with Gasteiger partial charge in [-0.2, -0.15) is 0 Å². The minimum absolute atomic E-state index is 0.0417. The first kappa shape index (κ1) is 15.5. The SMILES string of the molecule is CCC(C)(C)N.CO[SiH](OC)OC. The number of hydrogen-bond donors (Lipinski definition) is 1. The molecule has 0 unspecified atom stereocenters. The van der Waals surface area contributed by atoms with Gasteiger partial charge in [-0.3, -0.25) is 0 Å². The summed E-state index contributed by atoms with van der Waals surface area (Å²) in [6.07, 6.45) is 1.05. The van der Waals surface area contributed by atoms with Crippen molar-refractivity contribution in [2.45, 2.75) is 32.7 Å². The Morgan fingerprint density at radius 3 is 1.31 bits per heavy atom. The van der Waals surface area contributed by atoms with E-state index in [1.807, 2.05) is 13.8 Å². The summed E-state index contributed by atoms with van der Waals surface area (Å²) in [7, 11) is 3.05. The molecule has 0 heterocycles. The Balaban J connectivity index is 0. The van der Waals surface area contributed by atoms with Gasteiger partial charge in [0.25, 0.3) is 0 Å². The highest BCUT2D eigenvalue weighted by atomic mass is 28.3. The van der Waals surface area contributed by atoms with Crippen LogP contribution >= 0.6 is 0 Å². The first-order chi connectivity index (χ1) is 5.91. The van der Waals surface area contributed by atoms with Gasteiger partial charge in [-0.1, -0.05) is 6.92 Å². The van der Waals surface area contributed by atoms with E-state index in [-0.39, 0.29) is 5.54 Å². The standard InChI is InChI=1S/C5H13N.C3H10O3Si/c1-4-5(2,3)6;1-4-7(5-2)6-3/h4,6H2,1-3H3;7H,1-3H3. The van der Waals surface area contributed by atoms with Crippen molar-refractivity contribution in [3.8, 4) is 0 Å². The van der Waals surface area contributed by atoms with E-state index in [1.165, 1.54) is 0 Å². The van der Waals surface area contributed by atoms with E-state index in [9.17, 15) is 0 Å². The van der Waals surface area contributed by atoms with E-state index in [0.717, 1.165) is 6.42 Å². The van der Waals surface area contributed by atoms with E-state index in [1.54, 1.807) is 21.3 Å². The van der Waals surface area contributed by atoms with E-state index >= 15 is 0 Å². The van der Waals surface area contributed by atoms with Crippen LogP contribution in [0.25, 0.3) is 0 Å². The topological polar surface area (TPSA) is 53.7 Å². The third kappa shape index (κ3) is 14.9. The van der Waals surface area contributed by atoms with Gasteiger partial charge < -0.3 is 19.0 Å². The van der Waals surface area contributed by atoms with Crippen molar-refractivity contribution in [1.82, 2.24) is 0 Å². The van der Waals surface area contributed by atoms with Crippen LogP contribution in [0.3, 0.4) is 0 Å². The van der Waals surface area contributed by atoms with Crippen LogP contribution in [0.2, 0.25) is 0 Å². The summed E-state index contributed by atoms with van der Waals surface area (Å²) in [5, 5.41) is 0. The first-order valence-electron chi connectivity index (χ1n) is 4.28. The molecule has 0 fully saturated rings. The third-order valence-corrected chi connectivity index (χ3v) is 2.64. The summed E-state index contributed by atoms with van der Waals surface area (Å²) in [6.45, 7) is 6.12. The molecule has 0 aliphatic carbocycles. The summed E-state index contributed by atoms with van der Waals surface area (Å²) in [4.78, 5) is 0. The Bertz CT molecular complexity index is 96.5. The smallest absolute Gasteiger partial charge is 0.379 e. The molecule has 0 aromatic rings. The van der Waals surface area contributed by atoms with Crippen molar-refractivity contribution in [2.75, 3.05) is 21.3 Å². The summed E-state index contributed by atoms with van der Waals surface area (Å²) < 4.78 is 14.2. The molecule has 0 spiro atoms. The molecule has 0 saturated carbocycles. The molecule has 0 aliphatic heterocycles. The minimum Gasteiger partial charge on any atom is -0.379 e. The first-order valence-corrected chi connectivity index (χ1v) is 5.70. The molecule has 0 aromatic carbocycles. The van der Waals surface area contributed by atoms with Crippen LogP contribution in [0.5, 0.6) is 0 Å². The Hall–Kier alpha value is 0.0569. The fourth-order valence-electron chi connectivity index (χ4n) is 0.289. The zero-order valence-electron chi connectivity index (χ0n) is 9.59. The Kier molecular flexibility index (Phi) is 10.3. The van der Waals surface area contributed by atoms with Crippen LogP contribution in [-0.2, 0) is 13.3 Å². The second-order valence-electron chi connectivity index (χ2n) is 3.34. The molecule has 0 aliphatic rings. The third-order valence-electron chi connectivity index (χ3n) is 1.49. The number of nitrogens with two attached hydrogens (primary N) is 1. The van der Waals surface area contributed by atoms with Crippen LogP contribution in [0.4, 0.5) is 0 Å². The van der Waals surface area contributed by atoms with Gasteiger partial charge in [0.05, 0.1) is 0 Å². The van der Waals surface area contributed by atoms with Crippen molar-refractivity contribution < 1.29 is 13.3 Å². The molecular formula is C8H23NO3Si. The predicted molar refractivity (Wildman–Crippen MR) is 56.7 cm³/mol. The monoisotopic (exact) mass is 209 g/mol. The second kappa shape index (κ2) is 8.65. The molecule has 0 bridgehead atoms. The fourth-order valence-corrected chi connectivity index (χ4v) is 0.866. The molecule has 0 atom stereocenters. The maximum atomic E-state index is 5.53. The molecule has 0 saturated heterocycles. The molecular weight excluding hydrogens is 186 g/mol. The van der Waals surface area contributed by atoms with Gasteiger partial charge in [-0.25, -0.2) is 0 Å². The second-order valence-corrected chi connectivity index (χ2v) is 5.33. The molecule has 0 radical (unpaired) electrons. The van der Waals surface area contributed by atoms with Crippen molar-refractivity contribution >= 4 is 9.53 Å². The zero-order chi connectivity index (χ0) is 10.9. The largest absolute Gasteiger partial charge is 0.483 e. The minimum atomic E-state index is -1.67. The van der Waals surface area contributed by atoms with E-state index < -0.39 is 9.53 Å². The molecule has 5 heteroatoms. The number of rotatable bonds is 4. The highest BCUT2D eigenvalue weighted by molar-refractivity contribution is 6.36. The van der Waals surface area contributed by atoms with Crippen molar-refractivity contribution in [3.63, 3.8) is 0 Å². The average molecular weight is 209 g/mol. The molecule has 0 rings (SSSR count). The van der Waals surface area contributed by atoms with Gasteiger partial charge >= 0.3 is 9.53 Å². The molecule has 13 heavy (non-hydrogen) atoms. The normalized spacial score (nSPS) is 11.1. The summed E-state index contributed by atoms with van der Waals surface area (Å²) in [5.74, 6) is 0. The molecule has 2 N–H and O–H groups in total. The molecule has 0 aromatic heterocycles. The van der Waals surface area contributed by atoms with Crippen LogP contribution in [0, 0.1) is 0 Å². The van der Waals surface area contributed by atoms with E-state index in [0.29, 0.717) is 0 Å². The quantitative estimate of drug-likeness (QED) is 0.695. The molecule has 82 valence electrons. The fraction of sp³-hybridized carbons (Fsp3) is 1.00. The van der Waals surface area contributed by atoms with Gasteiger partial charge in [0, 0.05) is 26.9 Å². The van der Waals surface area contributed by atoms with Gasteiger partial charge in [0.15, 0.2) is 0 Å². The van der Waals surface area contributed by atoms with Crippen LogP contribution in [-0.4, -0.2) is 36.4 Å². The van der Waals surface area contributed by atoms with Gasteiger partial charge in [0.1, 0.15) is 0 Å². The maximum absolute atomic E-state index is 5.53. The predicted octanol–water partition coefficient (Wildman–Crippen LogP) is 0.776. The van der Waals surface area contributed by atoms with Crippen molar-refractivity contribution in [1.29, 1.82) is 0 Å². The van der Waals surface area contributed by atoms with Crippen LogP contribution < -0.4 is 5.73 Å². The lowest BCUT2D eigenvalue weighted by atomic mass is 10.1.